The molecule has 4 heteroatoms. The lowest BCUT2D eigenvalue weighted by molar-refractivity contribution is 0.0175. The lowest BCUT2D eigenvalue weighted by atomic mass is 9.98. The van der Waals surface area contributed by atoms with Crippen LogP contribution in [0.3, 0.4) is 0 Å². The molecule has 1 fully saturated rings. The maximum absolute atomic E-state index is 13.0. The fourth-order valence-electron chi connectivity index (χ4n) is 2.23. The number of hydrogen-bond donors (Lipinski definition) is 2. The zero-order valence-corrected chi connectivity index (χ0v) is 10.7. The summed E-state index contributed by atoms with van der Waals surface area (Å²) in [6.45, 7) is 3.99. The van der Waals surface area contributed by atoms with Crippen molar-refractivity contribution in [3.63, 3.8) is 0 Å². The van der Waals surface area contributed by atoms with Crippen molar-refractivity contribution >= 4 is 5.69 Å². The Balaban J connectivity index is 1.86. The van der Waals surface area contributed by atoms with Gasteiger partial charge in [0, 0.05) is 24.7 Å². The molecule has 1 aromatic carbocycles. The normalized spacial score (nSPS) is 17.7. The first kappa shape index (κ1) is 13.3. The molecule has 2 N–H and O–H groups in total. The molecule has 18 heavy (non-hydrogen) atoms. The monoisotopic (exact) mass is 254 g/mol. The summed E-state index contributed by atoms with van der Waals surface area (Å²) in [5.74, 6) is -2.08. The molecule has 1 aliphatic rings. The van der Waals surface area contributed by atoms with Crippen molar-refractivity contribution < 1.29 is 8.78 Å². The Labute approximate surface area is 107 Å². The Morgan fingerprint density at radius 1 is 1.22 bits per heavy atom. The van der Waals surface area contributed by atoms with Gasteiger partial charge in [0.1, 0.15) is 0 Å². The van der Waals surface area contributed by atoms with Crippen molar-refractivity contribution in [3.05, 3.63) is 29.8 Å². The van der Waals surface area contributed by atoms with E-state index in [2.05, 4.69) is 10.6 Å². The van der Waals surface area contributed by atoms with Gasteiger partial charge in [0.2, 0.25) is 0 Å². The Morgan fingerprint density at radius 3 is 2.39 bits per heavy atom. The van der Waals surface area contributed by atoms with Crippen molar-refractivity contribution in [2.45, 2.75) is 25.7 Å². The van der Waals surface area contributed by atoms with Gasteiger partial charge in [-0.15, -0.1) is 0 Å². The van der Waals surface area contributed by atoms with E-state index in [1.807, 2.05) is 0 Å². The van der Waals surface area contributed by atoms with Gasteiger partial charge in [-0.2, -0.15) is 0 Å². The highest BCUT2D eigenvalue weighted by Gasteiger charge is 2.23. The molecule has 0 saturated carbocycles. The molecule has 0 unspecified atom stereocenters. The molecule has 100 valence electrons. The van der Waals surface area contributed by atoms with Gasteiger partial charge in [-0.3, -0.25) is 0 Å². The summed E-state index contributed by atoms with van der Waals surface area (Å²) >= 11 is 0. The van der Waals surface area contributed by atoms with Crippen molar-refractivity contribution in [2.24, 2.45) is 5.92 Å². The molecular weight excluding hydrogens is 234 g/mol. The highest BCUT2D eigenvalue weighted by atomic mass is 19.3. The second kappa shape index (κ2) is 5.65. The van der Waals surface area contributed by atoms with E-state index in [0.29, 0.717) is 5.92 Å². The van der Waals surface area contributed by atoms with Gasteiger partial charge in [-0.25, -0.2) is 8.78 Å². The SMILES string of the molecule is CC(F)(F)c1ccc(NCC2CCNCC2)cc1. The van der Waals surface area contributed by atoms with E-state index in [9.17, 15) is 8.78 Å². The molecule has 0 radical (unpaired) electrons. The summed E-state index contributed by atoms with van der Waals surface area (Å²) in [6, 6.07) is 6.44. The van der Waals surface area contributed by atoms with Crippen molar-refractivity contribution in [1.82, 2.24) is 5.32 Å². The number of alkyl halides is 2. The van der Waals surface area contributed by atoms with E-state index in [-0.39, 0.29) is 5.56 Å². The van der Waals surface area contributed by atoms with Gasteiger partial charge >= 0.3 is 0 Å². The molecule has 1 heterocycles. The quantitative estimate of drug-likeness (QED) is 0.862. The molecule has 0 atom stereocenters. The minimum Gasteiger partial charge on any atom is -0.385 e. The molecule has 1 aromatic rings. The fourth-order valence-corrected chi connectivity index (χ4v) is 2.23. The van der Waals surface area contributed by atoms with Gasteiger partial charge in [0.05, 0.1) is 0 Å². The first-order valence-electron chi connectivity index (χ1n) is 6.48. The number of halogens is 2. The molecule has 0 aliphatic carbocycles. The van der Waals surface area contributed by atoms with Crippen LogP contribution >= 0.6 is 0 Å². The van der Waals surface area contributed by atoms with Gasteiger partial charge < -0.3 is 10.6 Å². The zero-order valence-electron chi connectivity index (χ0n) is 10.7. The van der Waals surface area contributed by atoms with Crippen LogP contribution in [0.5, 0.6) is 0 Å². The molecule has 2 rings (SSSR count). The number of anilines is 1. The molecular formula is C14H20F2N2. The zero-order chi connectivity index (χ0) is 13.0. The molecule has 1 aliphatic heterocycles. The van der Waals surface area contributed by atoms with Gasteiger partial charge in [0.15, 0.2) is 0 Å². The fraction of sp³-hybridized carbons (Fsp3) is 0.571. The summed E-state index contributed by atoms with van der Waals surface area (Å²) < 4.78 is 26.1. The average molecular weight is 254 g/mol. The first-order chi connectivity index (χ1) is 8.55. The largest absolute Gasteiger partial charge is 0.385 e. The highest BCUT2D eigenvalue weighted by Crippen LogP contribution is 2.27. The smallest absolute Gasteiger partial charge is 0.270 e. The van der Waals surface area contributed by atoms with Crippen molar-refractivity contribution in [2.75, 3.05) is 25.0 Å². The van der Waals surface area contributed by atoms with E-state index in [0.717, 1.165) is 32.2 Å². The minimum absolute atomic E-state index is 0.0647. The average Bonchev–Trinajstić information content (AvgIpc) is 2.37. The Morgan fingerprint density at radius 2 is 1.83 bits per heavy atom. The van der Waals surface area contributed by atoms with Crippen molar-refractivity contribution in [3.8, 4) is 0 Å². The van der Waals surface area contributed by atoms with E-state index in [4.69, 9.17) is 0 Å². The van der Waals surface area contributed by atoms with E-state index < -0.39 is 5.92 Å². The van der Waals surface area contributed by atoms with E-state index in [1.54, 1.807) is 12.1 Å². The van der Waals surface area contributed by atoms with Gasteiger partial charge in [-0.05, 0) is 44.0 Å². The predicted molar refractivity (Wildman–Crippen MR) is 70.1 cm³/mol. The first-order valence-corrected chi connectivity index (χ1v) is 6.48. The summed E-state index contributed by atoms with van der Waals surface area (Å²) in [6.07, 6.45) is 2.36. The minimum atomic E-state index is -2.76. The standard InChI is InChI=1S/C14H20F2N2/c1-14(15,16)12-2-4-13(5-3-12)18-10-11-6-8-17-9-7-11/h2-5,11,17-18H,6-10H2,1H3. The summed E-state index contributed by atoms with van der Waals surface area (Å²) in [5.41, 5.74) is 0.983. The number of hydrogen-bond acceptors (Lipinski definition) is 2. The van der Waals surface area contributed by atoms with Crippen LogP contribution in [-0.2, 0) is 5.92 Å². The summed E-state index contributed by atoms with van der Waals surface area (Å²) in [7, 11) is 0. The second-order valence-corrected chi connectivity index (χ2v) is 5.04. The number of nitrogens with one attached hydrogen (secondary N) is 2. The molecule has 2 nitrogen and oxygen atoms in total. The maximum atomic E-state index is 13.0. The maximum Gasteiger partial charge on any atom is 0.270 e. The van der Waals surface area contributed by atoms with E-state index >= 15 is 0 Å². The number of benzene rings is 1. The topological polar surface area (TPSA) is 24.1 Å². The van der Waals surface area contributed by atoms with Gasteiger partial charge in [-0.1, -0.05) is 12.1 Å². The highest BCUT2D eigenvalue weighted by molar-refractivity contribution is 5.45. The van der Waals surface area contributed by atoms with Crippen LogP contribution in [0, 0.1) is 5.92 Å². The lowest BCUT2D eigenvalue weighted by Crippen LogP contribution is -2.31. The molecule has 0 aromatic heterocycles. The Bertz CT molecular complexity index is 364. The van der Waals surface area contributed by atoms with Crippen LogP contribution in [0.25, 0.3) is 0 Å². The predicted octanol–water partition coefficient (Wildman–Crippen LogP) is 3.21. The van der Waals surface area contributed by atoms with Crippen molar-refractivity contribution in [1.29, 1.82) is 0 Å². The van der Waals surface area contributed by atoms with Crippen LogP contribution in [0.4, 0.5) is 14.5 Å². The third-order valence-corrected chi connectivity index (χ3v) is 3.45. The summed E-state index contributed by atoms with van der Waals surface area (Å²) in [4.78, 5) is 0. The van der Waals surface area contributed by atoms with Crippen LogP contribution in [0.2, 0.25) is 0 Å². The Hall–Kier alpha value is -1.16. The van der Waals surface area contributed by atoms with Gasteiger partial charge in [0.25, 0.3) is 5.92 Å². The van der Waals surface area contributed by atoms with Crippen LogP contribution in [0.15, 0.2) is 24.3 Å². The van der Waals surface area contributed by atoms with Crippen LogP contribution in [-0.4, -0.2) is 19.6 Å². The lowest BCUT2D eigenvalue weighted by Gasteiger charge is -2.23. The third-order valence-electron chi connectivity index (χ3n) is 3.45. The molecule has 0 amide bonds. The molecule has 1 saturated heterocycles. The Kier molecular flexibility index (Phi) is 4.17. The van der Waals surface area contributed by atoms with E-state index in [1.165, 1.54) is 25.0 Å². The molecule has 0 bridgehead atoms. The third kappa shape index (κ3) is 3.67. The number of piperidine rings is 1. The second-order valence-electron chi connectivity index (χ2n) is 5.04. The van der Waals surface area contributed by atoms with Crippen LogP contribution in [0.1, 0.15) is 25.3 Å². The molecule has 0 spiro atoms. The van der Waals surface area contributed by atoms with Crippen LogP contribution < -0.4 is 10.6 Å². The number of rotatable bonds is 4. The summed E-state index contributed by atoms with van der Waals surface area (Å²) in [5, 5.41) is 6.65.